The van der Waals surface area contributed by atoms with E-state index in [0.717, 1.165) is 16.8 Å². The lowest BCUT2D eigenvalue weighted by atomic mass is 10.1. The van der Waals surface area contributed by atoms with Gasteiger partial charge in [-0.1, -0.05) is 17.3 Å². The molecule has 0 atom stereocenters. The maximum Gasteiger partial charge on any atom is 0.274 e. The van der Waals surface area contributed by atoms with Crippen molar-refractivity contribution in [3.05, 3.63) is 76.1 Å². The monoisotopic (exact) mass is 468 g/mol. The molecule has 0 aliphatic rings. The third-order valence-electron chi connectivity index (χ3n) is 4.85. The van der Waals surface area contributed by atoms with Gasteiger partial charge in [0.25, 0.3) is 5.89 Å². The molecule has 6 nitrogen and oxygen atoms in total. The molecule has 2 heterocycles. The lowest BCUT2D eigenvalue weighted by molar-refractivity contribution is -0.116. The number of amides is 1. The Morgan fingerprint density at radius 3 is 2.83 bits per heavy atom. The molecular formula is C22H18BrFN4O2. The second-order valence-corrected chi connectivity index (χ2v) is 7.72. The quantitative estimate of drug-likeness (QED) is 0.427. The van der Waals surface area contributed by atoms with Gasteiger partial charge in [-0.15, -0.1) is 0 Å². The Kier molecular flexibility index (Phi) is 5.50. The number of hydrogen-bond donors (Lipinski definition) is 1. The first-order valence-corrected chi connectivity index (χ1v) is 10.0. The highest BCUT2D eigenvalue weighted by atomic mass is 79.9. The summed E-state index contributed by atoms with van der Waals surface area (Å²) in [7, 11) is 0. The van der Waals surface area contributed by atoms with Crippen LogP contribution in [0.2, 0.25) is 0 Å². The molecule has 2 aromatic carbocycles. The van der Waals surface area contributed by atoms with Crippen molar-refractivity contribution >= 4 is 27.5 Å². The number of carbonyl (C=O) groups excluding carboxylic acids is 1. The standard InChI is InChI=1S/C22H18BrFN4O2/c1-13-5-3-6-18(14(13)2)25-20(29)12-28-10-4-7-19(28)22-26-21(27-30-22)15-8-9-17(24)16(23)11-15/h3-11H,12H2,1-2H3,(H,25,29). The fourth-order valence-corrected chi connectivity index (χ4v) is 3.44. The van der Waals surface area contributed by atoms with Gasteiger partial charge in [-0.3, -0.25) is 4.79 Å². The predicted octanol–water partition coefficient (Wildman–Crippen LogP) is 5.36. The van der Waals surface area contributed by atoms with Crippen LogP contribution in [0.4, 0.5) is 10.1 Å². The summed E-state index contributed by atoms with van der Waals surface area (Å²) < 4.78 is 20.9. The van der Waals surface area contributed by atoms with E-state index in [4.69, 9.17) is 4.52 Å². The van der Waals surface area contributed by atoms with Crippen LogP contribution in [0.5, 0.6) is 0 Å². The van der Waals surface area contributed by atoms with Crippen LogP contribution in [0, 0.1) is 19.7 Å². The van der Waals surface area contributed by atoms with Gasteiger partial charge in [0.05, 0.1) is 4.47 Å². The Hall–Kier alpha value is -3.26. The number of halogens is 2. The van der Waals surface area contributed by atoms with E-state index in [0.29, 0.717) is 21.6 Å². The number of aryl methyl sites for hydroxylation is 1. The average Bonchev–Trinajstić information content (AvgIpc) is 3.37. The zero-order valence-electron chi connectivity index (χ0n) is 16.3. The largest absolute Gasteiger partial charge is 0.334 e. The molecule has 4 rings (SSSR count). The fourth-order valence-electron chi connectivity index (χ4n) is 3.06. The van der Waals surface area contributed by atoms with Crippen LogP contribution in [0.25, 0.3) is 23.0 Å². The number of carbonyl (C=O) groups is 1. The molecule has 1 N–H and O–H groups in total. The van der Waals surface area contributed by atoms with Gasteiger partial charge in [-0.25, -0.2) is 4.39 Å². The Morgan fingerprint density at radius 2 is 2.03 bits per heavy atom. The first-order chi connectivity index (χ1) is 14.4. The van der Waals surface area contributed by atoms with Crippen molar-refractivity contribution in [2.75, 3.05) is 5.32 Å². The van der Waals surface area contributed by atoms with Crippen molar-refractivity contribution < 1.29 is 13.7 Å². The van der Waals surface area contributed by atoms with E-state index >= 15 is 0 Å². The van der Waals surface area contributed by atoms with Gasteiger partial charge in [0.15, 0.2) is 0 Å². The van der Waals surface area contributed by atoms with Crippen molar-refractivity contribution in [1.82, 2.24) is 14.7 Å². The number of benzene rings is 2. The van der Waals surface area contributed by atoms with E-state index in [1.807, 2.05) is 32.0 Å². The lowest BCUT2D eigenvalue weighted by Crippen LogP contribution is -2.19. The van der Waals surface area contributed by atoms with Crippen LogP contribution >= 0.6 is 15.9 Å². The molecular weight excluding hydrogens is 451 g/mol. The minimum absolute atomic E-state index is 0.0928. The maximum atomic E-state index is 13.5. The van der Waals surface area contributed by atoms with Crippen LogP contribution in [0.15, 0.2) is 63.7 Å². The van der Waals surface area contributed by atoms with Crippen LogP contribution < -0.4 is 5.32 Å². The van der Waals surface area contributed by atoms with E-state index in [1.165, 1.54) is 6.07 Å². The first kappa shape index (κ1) is 20.0. The normalized spacial score (nSPS) is 10.9. The predicted molar refractivity (Wildman–Crippen MR) is 115 cm³/mol. The van der Waals surface area contributed by atoms with Gasteiger partial charge >= 0.3 is 0 Å². The molecule has 0 radical (unpaired) electrons. The summed E-state index contributed by atoms with van der Waals surface area (Å²) in [6.45, 7) is 4.07. The van der Waals surface area contributed by atoms with Gasteiger partial charge in [0.1, 0.15) is 18.1 Å². The topological polar surface area (TPSA) is 73.0 Å². The van der Waals surface area contributed by atoms with Crippen LogP contribution in [-0.4, -0.2) is 20.6 Å². The summed E-state index contributed by atoms with van der Waals surface area (Å²) in [6.07, 6.45) is 1.77. The van der Waals surface area contributed by atoms with E-state index < -0.39 is 0 Å². The highest BCUT2D eigenvalue weighted by molar-refractivity contribution is 9.10. The third kappa shape index (κ3) is 4.04. The highest BCUT2D eigenvalue weighted by Crippen LogP contribution is 2.26. The van der Waals surface area contributed by atoms with E-state index in [9.17, 15) is 9.18 Å². The molecule has 0 spiro atoms. The van der Waals surface area contributed by atoms with E-state index in [-0.39, 0.29) is 24.2 Å². The number of anilines is 1. The average molecular weight is 469 g/mol. The zero-order valence-corrected chi connectivity index (χ0v) is 17.9. The summed E-state index contributed by atoms with van der Waals surface area (Å²) >= 11 is 3.15. The molecule has 4 aromatic rings. The van der Waals surface area contributed by atoms with Gasteiger partial charge in [-0.05, 0) is 77.3 Å². The molecule has 0 fully saturated rings. The lowest BCUT2D eigenvalue weighted by Gasteiger charge is -2.11. The highest BCUT2D eigenvalue weighted by Gasteiger charge is 2.16. The molecule has 152 valence electrons. The summed E-state index contributed by atoms with van der Waals surface area (Å²) in [5.41, 5.74) is 4.16. The fraction of sp³-hybridized carbons (Fsp3) is 0.136. The van der Waals surface area contributed by atoms with Crippen LogP contribution in [0.1, 0.15) is 11.1 Å². The van der Waals surface area contributed by atoms with Crippen molar-refractivity contribution in [3.8, 4) is 23.0 Å². The van der Waals surface area contributed by atoms with Gasteiger partial charge < -0.3 is 14.4 Å². The smallest absolute Gasteiger partial charge is 0.274 e. The number of hydrogen-bond acceptors (Lipinski definition) is 4. The summed E-state index contributed by atoms with van der Waals surface area (Å²) in [5, 5.41) is 6.92. The molecule has 0 aliphatic heterocycles. The molecule has 1 amide bonds. The first-order valence-electron chi connectivity index (χ1n) is 9.23. The summed E-state index contributed by atoms with van der Waals surface area (Å²) in [5.74, 6) is 0.0721. The molecule has 30 heavy (non-hydrogen) atoms. The molecule has 0 aliphatic carbocycles. The number of aromatic nitrogens is 3. The van der Waals surface area contributed by atoms with E-state index in [2.05, 4.69) is 31.4 Å². The molecule has 0 unspecified atom stereocenters. The number of nitrogens with zero attached hydrogens (tertiary/aromatic N) is 3. The molecule has 2 aromatic heterocycles. The zero-order chi connectivity index (χ0) is 21.3. The SMILES string of the molecule is Cc1cccc(NC(=O)Cn2cccc2-c2nc(-c3ccc(F)c(Br)c3)no2)c1C. The minimum atomic E-state index is -0.369. The summed E-state index contributed by atoms with van der Waals surface area (Å²) in [6, 6.07) is 13.9. The Labute approximate surface area is 180 Å². The molecule has 8 heteroatoms. The Balaban J connectivity index is 1.53. The third-order valence-corrected chi connectivity index (χ3v) is 5.45. The Morgan fingerprint density at radius 1 is 1.20 bits per heavy atom. The van der Waals surface area contributed by atoms with Gasteiger partial charge in [0, 0.05) is 17.4 Å². The molecule has 0 saturated carbocycles. The summed E-state index contributed by atoms with van der Waals surface area (Å²) in [4.78, 5) is 17.0. The second-order valence-electron chi connectivity index (χ2n) is 6.87. The maximum absolute atomic E-state index is 13.5. The minimum Gasteiger partial charge on any atom is -0.334 e. The van der Waals surface area contributed by atoms with E-state index in [1.54, 1.807) is 35.0 Å². The van der Waals surface area contributed by atoms with Gasteiger partial charge in [0.2, 0.25) is 11.7 Å². The number of rotatable bonds is 5. The second kappa shape index (κ2) is 8.23. The van der Waals surface area contributed by atoms with Crippen molar-refractivity contribution in [3.63, 3.8) is 0 Å². The van der Waals surface area contributed by atoms with Gasteiger partial charge in [-0.2, -0.15) is 4.98 Å². The molecule has 0 bridgehead atoms. The van der Waals surface area contributed by atoms with Crippen molar-refractivity contribution in [2.45, 2.75) is 20.4 Å². The number of nitrogens with one attached hydrogen (secondary N) is 1. The van der Waals surface area contributed by atoms with Crippen LogP contribution in [0.3, 0.4) is 0 Å². The molecule has 0 saturated heterocycles. The Bertz CT molecular complexity index is 1230. The van der Waals surface area contributed by atoms with Crippen molar-refractivity contribution in [1.29, 1.82) is 0 Å². The van der Waals surface area contributed by atoms with Crippen molar-refractivity contribution in [2.24, 2.45) is 0 Å². The van der Waals surface area contributed by atoms with Crippen LogP contribution in [-0.2, 0) is 11.3 Å².